The van der Waals surface area contributed by atoms with Crippen LogP contribution in [0.3, 0.4) is 0 Å². The topological polar surface area (TPSA) is 37.3 Å². The van der Waals surface area contributed by atoms with Gasteiger partial charge in [-0.25, -0.2) is 0 Å². The van der Waals surface area contributed by atoms with Gasteiger partial charge in [-0.15, -0.1) is 0 Å². The molecule has 2 nitrogen and oxygen atoms in total. The van der Waals surface area contributed by atoms with Gasteiger partial charge in [0.1, 0.15) is 0 Å². The van der Waals surface area contributed by atoms with Crippen LogP contribution in [0.1, 0.15) is 12.8 Å². The van der Waals surface area contributed by atoms with E-state index in [0.29, 0.717) is 0 Å². The number of aliphatic carboxylic acids is 1. The van der Waals surface area contributed by atoms with Crippen LogP contribution in [0.5, 0.6) is 0 Å². The highest BCUT2D eigenvalue weighted by atomic mass is 35.6. The predicted octanol–water partition coefficient (Wildman–Crippen LogP) is 2.22. The molecule has 0 spiro atoms. The van der Waals surface area contributed by atoms with Crippen LogP contribution in [0.2, 0.25) is 0 Å². The van der Waals surface area contributed by atoms with Crippen molar-refractivity contribution in [1.82, 2.24) is 0 Å². The fourth-order valence-corrected chi connectivity index (χ4v) is 0.532. The van der Waals surface area contributed by atoms with Gasteiger partial charge in [0.25, 0.3) is 0 Å². The minimum atomic E-state index is -1.43. The Morgan fingerprint density at radius 2 is 1.89 bits per heavy atom. The summed E-state index contributed by atoms with van der Waals surface area (Å²) in [5.41, 5.74) is 0. The number of hydrogen-bond donors (Lipinski definition) is 1. The summed E-state index contributed by atoms with van der Waals surface area (Å²) in [5, 5.41) is 8.10. The van der Waals surface area contributed by atoms with Gasteiger partial charge in [0.15, 0.2) is 3.79 Å². The van der Waals surface area contributed by atoms with E-state index in [-0.39, 0.29) is 12.8 Å². The molecule has 0 rings (SSSR count). The van der Waals surface area contributed by atoms with E-state index >= 15 is 0 Å². The third-order valence-corrected chi connectivity index (χ3v) is 1.19. The van der Waals surface area contributed by atoms with Crippen molar-refractivity contribution in [3.63, 3.8) is 0 Å². The second kappa shape index (κ2) is 3.49. The maximum absolute atomic E-state index is 9.87. The highest BCUT2D eigenvalue weighted by Crippen LogP contribution is 2.30. The van der Waals surface area contributed by atoms with E-state index in [1.54, 1.807) is 0 Å². The van der Waals surface area contributed by atoms with Crippen LogP contribution in [0.25, 0.3) is 0 Å². The molecule has 0 aliphatic carbocycles. The van der Waals surface area contributed by atoms with Crippen molar-refractivity contribution >= 4 is 40.8 Å². The van der Waals surface area contributed by atoms with Crippen molar-refractivity contribution in [1.29, 1.82) is 0 Å². The first-order valence-electron chi connectivity index (χ1n) is 2.20. The van der Waals surface area contributed by atoms with E-state index in [4.69, 9.17) is 39.9 Å². The molecule has 0 atom stereocenters. The van der Waals surface area contributed by atoms with Crippen LogP contribution in [0.4, 0.5) is 0 Å². The Labute approximate surface area is 67.7 Å². The van der Waals surface area contributed by atoms with Gasteiger partial charge in [-0.1, -0.05) is 34.8 Å². The lowest BCUT2D eigenvalue weighted by molar-refractivity contribution is -0.137. The third-order valence-electron chi connectivity index (χ3n) is 0.622. The van der Waals surface area contributed by atoms with Crippen LogP contribution in [0.15, 0.2) is 0 Å². The van der Waals surface area contributed by atoms with E-state index in [9.17, 15) is 4.79 Å². The molecular weight excluding hydrogens is 186 g/mol. The molecule has 0 saturated heterocycles. The van der Waals surface area contributed by atoms with Crippen LogP contribution in [-0.2, 0) is 4.79 Å². The number of halogens is 3. The molecule has 9 heavy (non-hydrogen) atoms. The molecule has 0 aromatic carbocycles. The summed E-state index contributed by atoms with van der Waals surface area (Å²) in [5.74, 6) is -0.957. The average Bonchev–Trinajstić information content (AvgIpc) is 1.59. The molecule has 0 fully saturated rings. The van der Waals surface area contributed by atoms with Gasteiger partial charge in [0.05, 0.1) is 0 Å². The lowest BCUT2D eigenvalue weighted by Gasteiger charge is -2.06. The van der Waals surface area contributed by atoms with Crippen molar-refractivity contribution in [3.05, 3.63) is 0 Å². The van der Waals surface area contributed by atoms with Crippen molar-refractivity contribution < 1.29 is 9.90 Å². The summed E-state index contributed by atoms with van der Waals surface area (Å²) < 4.78 is -1.43. The number of carbonyl (C=O) groups is 1. The molecule has 54 valence electrons. The minimum Gasteiger partial charge on any atom is -0.481 e. The number of carboxylic acids is 1. The summed E-state index contributed by atoms with van der Waals surface area (Å²) in [6.07, 6.45) is -0.0660. The van der Waals surface area contributed by atoms with E-state index in [0.717, 1.165) is 0 Å². The average molecular weight is 191 g/mol. The number of alkyl halides is 3. The predicted molar refractivity (Wildman–Crippen MR) is 37.2 cm³/mol. The van der Waals surface area contributed by atoms with Gasteiger partial charge >= 0.3 is 5.97 Å². The van der Waals surface area contributed by atoms with Crippen molar-refractivity contribution in [3.8, 4) is 0 Å². The molecule has 0 aromatic heterocycles. The first kappa shape index (κ1) is 9.34. The summed E-state index contributed by atoms with van der Waals surface area (Å²) in [6, 6.07) is 0. The number of hydrogen-bond acceptors (Lipinski definition) is 1. The first-order valence-corrected chi connectivity index (χ1v) is 3.34. The van der Waals surface area contributed by atoms with Gasteiger partial charge in [-0.2, -0.15) is 0 Å². The standard InChI is InChI=1S/C4H5Cl3O2/c5-4(6,7)2-1-3(8)9/h1-2H2,(H,8,9). The van der Waals surface area contributed by atoms with Gasteiger partial charge in [0.2, 0.25) is 0 Å². The Bertz CT molecular complexity index is 107. The summed E-state index contributed by atoms with van der Waals surface area (Å²) >= 11 is 15.7. The van der Waals surface area contributed by atoms with Crippen LogP contribution < -0.4 is 0 Å². The fourth-order valence-electron chi connectivity index (χ4n) is 0.249. The zero-order valence-corrected chi connectivity index (χ0v) is 6.67. The Morgan fingerprint density at radius 3 is 2.00 bits per heavy atom. The quantitative estimate of drug-likeness (QED) is 0.680. The van der Waals surface area contributed by atoms with Crippen LogP contribution in [0, 0.1) is 0 Å². The Balaban J connectivity index is 3.39. The molecule has 0 aliphatic rings. The third kappa shape index (κ3) is 8.34. The number of rotatable bonds is 2. The molecule has 1 N–H and O–H groups in total. The summed E-state index contributed by atoms with van der Waals surface area (Å²) in [6.45, 7) is 0. The van der Waals surface area contributed by atoms with E-state index < -0.39 is 9.76 Å². The van der Waals surface area contributed by atoms with E-state index in [1.165, 1.54) is 0 Å². The Hall–Kier alpha value is 0.340. The molecule has 0 aromatic rings. The molecule has 0 amide bonds. The molecule has 0 unspecified atom stereocenters. The summed E-state index contributed by atoms with van der Waals surface area (Å²) in [4.78, 5) is 9.87. The number of carboxylic acid groups (broad SMARTS) is 1. The second-order valence-electron chi connectivity index (χ2n) is 1.51. The maximum atomic E-state index is 9.87. The maximum Gasteiger partial charge on any atom is 0.303 e. The molecule has 0 heterocycles. The molecule has 0 radical (unpaired) electrons. The monoisotopic (exact) mass is 190 g/mol. The summed E-state index contributed by atoms with van der Waals surface area (Å²) in [7, 11) is 0. The molecule has 5 heteroatoms. The van der Waals surface area contributed by atoms with Crippen LogP contribution in [-0.4, -0.2) is 14.9 Å². The van der Waals surface area contributed by atoms with Gasteiger partial charge < -0.3 is 5.11 Å². The molecule has 0 aliphatic heterocycles. The highest BCUT2D eigenvalue weighted by Gasteiger charge is 2.20. The van der Waals surface area contributed by atoms with Gasteiger partial charge in [-0.3, -0.25) is 4.79 Å². The van der Waals surface area contributed by atoms with Crippen molar-refractivity contribution in [2.75, 3.05) is 0 Å². The van der Waals surface area contributed by atoms with Crippen molar-refractivity contribution in [2.24, 2.45) is 0 Å². The van der Waals surface area contributed by atoms with Gasteiger partial charge in [0, 0.05) is 12.8 Å². The Morgan fingerprint density at radius 1 is 1.44 bits per heavy atom. The molecular formula is C4H5Cl3O2. The van der Waals surface area contributed by atoms with E-state index in [1.807, 2.05) is 0 Å². The molecule has 0 bridgehead atoms. The lowest BCUT2D eigenvalue weighted by Crippen LogP contribution is -2.05. The zero-order valence-electron chi connectivity index (χ0n) is 4.40. The second-order valence-corrected chi connectivity index (χ2v) is 4.02. The van der Waals surface area contributed by atoms with E-state index in [2.05, 4.69) is 0 Å². The fraction of sp³-hybridized carbons (Fsp3) is 0.750. The lowest BCUT2D eigenvalue weighted by atomic mass is 10.3. The minimum absolute atomic E-state index is 0.0486. The van der Waals surface area contributed by atoms with Crippen LogP contribution >= 0.6 is 34.8 Å². The van der Waals surface area contributed by atoms with Gasteiger partial charge in [-0.05, 0) is 0 Å². The normalized spacial score (nSPS) is 11.4. The highest BCUT2D eigenvalue weighted by molar-refractivity contribution is 6.67. The Kier molecular flexibility index (Phi) is 3.63. The first-order chi connectivity index (χ1) is 3.92. The zero-order chi connectivity index (χ0) is 7.49. The molecule has 0 saturated carbocycles. The largest absolute Gasteiger partial charge is 0.481 e. The smallest absolute Gasteiger partial charge is 0.303 e. The SMILES string of the molecule is O=C(O)CCC(Cl)(Cl)Cl. The van der Waals surface area contributed by atoms with Crippen molar-refractivity contribution in [2.45, 2.75) is 16.6 Å².